The summed E-state index contributed by atoms with van der Waals surface area (Å²) in [5.41, 5.74) is 1.42. The van der Waals surface area contributed by atoms with Crippen molar-refractivity contribution in [3.05, 3.63) is 33.3 Å². The predicted molar refractivity (Wildman–Crippen MR) is 70.3 cm³/mol. The molecule has 96 valence electrons. The van der Waals surface area contributed by atoms with Gasteiger partial charge in [-0.15, -0.1) is 0 Å². The molecule has 1 aliphatic heterocycles. The van der Waals surface area contributed by atoms with Crippen LogP contribution >= 0.6 is 11.6 Å². The van der Waals surface area contributed by atoms with E-state index in [4.69, 9.17) is 11.6 Å². The van der Waals surface area contributed by atoms with Crippen molar-refractivity contribution in [3.63, 3.8) is 0 Å². The van der Waals surface area contributed by atoms with Crippen LogP contribution in [0.4, 0.5) is 0 Å². The van der Waals surface area contributed by atoms with Gasteiger partial charge >= 0.3 is 0 Å². The zero-order valence-electron chi connectivity index (χ0n) is 10.1. The Kier molecular flexibility index (Phi) is 2.87. The maximum atomic E-state index is 11.7. The average molecular weight is 267 g/mol. The van der Waals surface area contributed by atoms with Crippen molar-refractivity contribution in [2.75, 3.05) is 6.54 Å². The van der Waals surface area contributed by atoms with Crippen molar-refractivity contribution in [2.45, 2.75) is 31.7 Å². The normalized spacial score (nSPS) is 24.6. The van der Waals surface area contributed by atoms with E-state index in [2.05, 4.69) is 22.3 Å². The fourth-order valence-electron chi connectivity index (χ4n) is 2.68. The number of hydrogen-bond donors (Lipinski definition) is 2. The van der Waals surface area contributed by atoms with E-state index in [1.165, 1.54) is 0 Å². The van der Waals surface area contributed by atoms with E-state index in [1.54, 1.807) is 16.8 Å². The van der Waals surface area contributed by atoms with Crippen molar-refractivity contribution < 1.29 is 0 Å². The lowest BCUT2D eigenvalue weighted by Gasteiger charge is -2.28. The Morgan fingerprint density at radius 2 is 2.39 bits per heavy atom. The van der Waals surface area contributed by atoms with Crippen molar-refractivity contribution in [3.8, 4) is 0 Å². The van der Waals surface area contributed by atoms with Gasteiger partial charge in [-0.05, 0) is 26.3 Å². The second-order valence-corrected chi connectivity index (χ2v) is 5.30. The monoisotopic (exact) mass is 266 g/mol. The number of hydrogen-bond acceptors (Lipinski definition) is 3. The molecule has 2 aromatic heterocycles. The molecule has 3 rings (SSSR count). The molecule has 1 fully saturated rings. The van der Waals surface area contributed by atoms with Crippen LogP contribution in [0.25, 0.3) is 5.65 Å². The van der Waals surface area contributed by atoms with Crippen LogP contribution in [-0.2, 0) is 0 Å². The molecule has 5 nitrogen and oxygen atoms in total. The van der Waals surface area contributed by atoms with Crippen LogP contribution < -0.4 is 10.9 Å². The third-order valence-corrected chi connectivity index (χ3v) is 3.81. The van der Waals surface area contributed by atoms with E-state index < -0.39 is 0 Å². The van der Waals surface area contributed by atoms with Crippen LogP contribution in [0.1, 0.15) is 31.4 Å². The van der Waals surface area contributed by atoms with E-state index in [0.717, 1.165) is 25.1 Å². The van der Waals surface area contributed by atoms with Crippen LogP contribution in [0.5, 0.6) is 0 Å². The van der Waals surface area contributed by atoms with Crippen LogP contribution in [-0.4, -0.2) is 27.2 Å². The highest BCUT2D eigenvalue weighted by molar-refractivity contribution is 6.33. The first-order chi connectivity index (χ1) is 8.65. The molecule has 0 spiro atoms. The van der Waals surface area contributed by atoms with Crippen LogP contribution in [0, 0.1) is 0 Å². The molecule has 0 aliphatic carbocycles. The van der Waals surface area contributed by atoms with Gasteiger partial charge in [0.25, 0.3) is 5.56 Å². The Bertz CT molecular complexity index is 633. The highest BCUT2D eigenvalue weighted by atomic mass is 35.5. The van der Waals surface area contributed by atoms with Gasteiger partial charge in [-0.3, -0.25) is 4.79 Å². The number of aromatic amines is 1. The molecular weight excluding hydrogens is 252 g/mol. The minimum atomic E-state index is -0.119. The molecule has 0 radical (unpaired) electrons. The maximum absolute atomic E-state index is 11.7. The summed E-state index contributed by atoms with van der Waals surface area (Å²) >= 11 is 6.02. The minimum absolute atomic E-state index is 0.119. The van der Waals surface area contributed by atoms with Crippen LogP contribution in [0.15, 0.2) is 17.1 Å². The third kappa shape index (κ3) is 1.93. The number of rotatable bonds is 1. The van der Waals surface area contributed by atoms with Gasteiger partial charge in [-0.1, -0.05) is 11.6 Å². The van der Waals surface area contributed by atoms with Gasteiger partial charge in [-0.25, -0.2) is 4.52 Å². The Balaban J connectivity index is 2.13. The summed E-state index contributed by atoms with van der Waals surface area (Å²) in [6, 6.07) is 2.10. The summed E-state index contributed by atoms with van der Waals surface area (Å²) in [6.07, 6.45) is 3.59. The fourth-order valence-corrected chi connectivity index (χ4v) is 2.85. The second-order valence-electron chi connectivity index (χ2n) is 4.89. The van der Waals surface area contributed by atoms with E-state index in [1.807, 2.05) is 0 Å². The van der Waals surface area contributed by atoms with Crippen molar-refractivity contribution in [1.82, 2.24) is 19.9 Å². The highest BCUT2D eigenvalue weighted by Crippen LogP contribution is 2.27. The van der Waals surface area contributed by atoms with E-state index >= 15 is 0 Å². The summed E-state index contributed by atoms with van der Waals surface area (Å²) in [5, 5.41) is 8.14. The summed E-state index contributed by atoms with van der Waals surface area (Å²) in [7, 11) is 0. The Labute approximate surface area is 109 Å². The highest BCUT2D eigenvalue weighted by Gasteiger charge is 2.23. The summed E-state index contributed by atoms with van der Waals surface area (Å²) < 4.78 is 1.76. The zero-order valence-corrected chi connectivity index (χ0v) is 10.9. The first-order valence-corrected chi connectivity index (χ1v) is 6.53. The van der Waals surface area contributed by atoms with E-state index in [0.29, 0.717) is 22.6 Å². The van der Waals surface area contributed by atoms with Gasteiger partial charge in [0.2, 0.25) is 0 Å². The zero-order chi connectivity index (χ0) is 12.7. The molecule has 6 heteroatoms. The standard InChI is InChI=1S/C12H15ClN4O/c1-7-4-8(2-3-14-7)10-5-11(18)16-12-9(13)6-15-17(10)12/h5-8,14H,2-4H2,1H3,(H,16,18)/t7-,8+/m1/s1. The lowest BCUT2D eigenvalue weighted by atomic mass is 9.90. The largest absolute Gasteiger partial charge is 0.314 e. The maximum Gasteiger partial charge on any atom is 0.251 e. The number of piperidine rings is 1. The Hall–Kier alpha value is -1.33. The Morgan fingerprint density at radius 1 is 1.56 bits per heavy atom. The summed E-state index contributed by atoms with van der Waals surface area (Å²) in [6.45, 7) is 3.13. The number of nitrogens with one attached hydrogen (secondary N) is 2. The fraction of sp³-hybridized carbons (Fsp3) is 0.500. The van der Waals surface area contributed by atoms with Crippen molar-refractivity contribution in [1.29, 1.82) is 0 Å². The lowest BCUT2D eigenvalue weighted by Crippen LogP contribution is -2.35. The lowest BCUT2D eigenvalue weighted by molar-refractivity contribution is 0.372. The van der Waals surface area contributed by atoms with Gasteiger partial charge in [0.05, 0.1) is 11.9 Å². The quantitative estimate of drug-likeness (QED) is 0.823. The molecule has 3 heterocycles. The number of fused-ring (bicyclic) bond motifs is 1. The SMILES string of the molecule is C[C@@H]1C[C@@H](c2cc(=O)[nH]c3c(Cl)cnn23)CCN1. The van der Waals surface area contributed by atoms with Crippen molar-refractivity contribution in [2.24, 2.45) is 0 Å². The summed E-state index contributed by atoms with van der Waals surface area (Å²) in [4.78, 5) is 14.4. The Morgan fingerprint density at radius 3 is 3.17 bits per heavy atom. The molecule has 1 aliphatic rings. The molecule has 0 unspecified atom stereocenters. The average Bonchev–Trinajstić information content (AvgIpc) is 2.70. The molecule has 0 aromatic carbocycles. The molecule has 0 saturated carbocycles. The van der Waals surface area contributed by atoms with Gasteiger partial charge in [0.15, 0.2) is 5.65 Å². The van der Waals surface area contributed by atoms with Gasteiger partial charge < -0.3 is 10.3 Å². The molecule has 2 N–H and O–H groups in total. The second kappa shape index (κ2) is 4.40. The number of aromatic nitrogens is 3. The number of nitrogens with zero attached hydrogens (tertiary/aromatic N) is 2. The van der Waals surface area contributed by atoms with Crippen molar-refractivity contribution >= 4 is 17.2 Å². The minimum Gasteiger partial charge on any atom is -0.314 e. The molecule has 2 aromatic rings. The van der Waals surface area contributed by atoms with Crippen LogP contribution in [0.3, 0.4) is 0 Å². The topological polar surface area (TPSA) is 62.2 Å². The molecule has 0 amide bonds. The molecule has 18 heavy (non-hydrogen) atoms. The first kappa shape index (κ1) is 11.7. The smallest absolute Gasteiger partial charge is 0.251 e. The van der Waals surface area contributed by atoms with Gasteiger partial charge in [0, 0.05) is 18.0 Å². The number of halogens is 1. The molecule has 2 atom stereocenters. The molecular formula is C12H15ClN4O. The number of H-pyrrole nitrogens is 1. The first-order valence-electron chi connectivity index (χ1n) is 6.15. The van der Waals surface area contributed by atoms with Crippen LogP contribution in [0.2, 0.25) is 5.02 Å². The van der Waals surface area contributed by atoms with Gasteiger partial charge in [0.1, 0.15) is 5.02 Å². The van der Waals surface area contributed by atoms with E-state index in [-0.39, 0.29) is 5.56 Å². The molecule has 1 saturated heterocycles. The third-order valence-electron chi connectivity index (χ3n) is 3.53. The summed E-state index contributed by atoms with van der Waals surface area (Å²) in [5.74, 6) is 0.349. The predicted octanol–water partition coefficient (Wildman–Crippen LogP) is 1.53. The van der Waals surface area contributed by atoms with Gasteiger partial charge in [-0.2, -0.15) is 5.10 Å². The van der Waals surface area contributed by atoms with E-state index in [9.17, 15) is 4.79 Å². The molecule has 0 bridgehead atoms.